The first-order valence-corrected chi connectivity index (χ1v) is 9.38. The van der Waals surface area contributed by atoms with E-state index in [9.17, 15) is 9.13 Å². The van der Waals surface area contributed by atoms with Gasteiger partial charge in [-0.15, -0.1) is 0 Å². The summed E-state index contributed by atoms with van der Waals surface area (Å²) in [4.78, 5) is 35.8. The normalized spacial score (nSPS) is 12.9. The summed E-state index contributed by atoms with van der Waals surface area (Å²) in [6, 6.07) is 9.27. The highest BCUT2D eigenvalue weighted by molar-refractivity contribution is 7.52. The molecule has 19 heavy (non-hydrogen) atoms. The van der Waals surface area contributed by atoms with Crippen molar-refractivity contribution in [3.05, 3.63) is 35.9 Å². The van der Waals surface area contributed by atoms with Gasteiger partial charge in [0.1, 0.15) is 0 Å². The molecule has 0 bridgehead atoms. The molecule has 0 saturated heterocycles. The number of hydrogen-bond donors (Lipinski definition) is 4. The molecule has 4 N–H and O–H groups in total. The quantitative estimate of drug-likeness (QED) is 0.569. The summed E-state index contributed by atoms with van der Waals surface area (Å²) in [5.41, 5.74) is 0.976. The maximum Gasteiger partial charge on any atom is 0.325 e. The van der Waals surface area contributed by atoms with Crippen LogP contribution < -0.4 is 0 Å². The van der Waals surface area contributed by atoms with Crippen LogP contribution >= 0.6 is 15.2 Å². The Balaban J connectivity index is 2.64. The Labute approximate surface area is 111 Å². The van der Waals surface area contributed by atoms with E-state index in [1.54, 1.807) is 0 Å². The zero-order valence-corrected chi connectivity index (χ0v) is 12.1. The summed E-state index contributed by atoms with van der Waals surface area (Å²) in [6.07, 6.45) is -0.123. The van der Waals surface area contributed by atoms with Gasteiger partial charge in [-0.2, -0.15) is 0 Å². The van der Waals surface area contributed by atoms with Crippen LogP contribution in [0.15, 0.2) is 30.3 Å². The van der Waals surface area contributed by atoms with Gasteiger partial charge in [0, 0.05) is 0 Å². The van der Waals surface area contributed by atoms with Crippen LogP contribution in [0.3, 0.4) is 0 Å². The van der Waals surface area contributed by atoms with Crippen molar-refractivity contribution in [2.45, 2.75) is 12.8 Å². The van der Waals surface area contributed by atoms with Gasteiger partial charge in [-0.25, -0.2) is 0 Å². The number of aryl methyl sites for hydroxylation is 1. The van der Waals surface area contributed by atoms with Crippen LogP contribution in [0.25, 0.3) is 0 Å². The Bertz CT molecular complexity index is 453. The van der Waals surface area contributed by atoms with Crippen LogP contribution in [0, 0.1) is 5.92 Å². The van der Waals surface area contributed by atoms with Gasteiger partial charge in [0.25, 0.3) is 0 Å². The first-order valence-electron chi connectivity index (χ1n) is 5.79. The first-order chi connectivity index (χ1) is 8.66. The molecule has 0 aromatic heterocycles. The lowest BCUT2D eigenvalue weighted by Gasteiger charge is -2.18. The lowest BCUT2D eigenvalue weighted by atomic mass is 10.0. The molecule has 0 atom stereocenters. The van der Waals surface area contributed by atoms with Gasteiger partial charge in [-0.3, -0.25) is 9.13 Å². The number of benzene rings is 1. The lowest BCUT2D eigenvalue weighted by Crippen LogP contribution is -2.13. The average molecular weight is 308 g/mol. The predicted molar refractivity (Wildman–Crippen MR) is 72.1 cm³/mol. The Kier molecular flexibility index (Phi) is 5.93. The molecular formula is C11H18O6P2. The Morgan fingerprint density at radius 3 is 1.79 bits per heavy atom. The molecule has 0 heterocycles. The third kappa shape index (κ3) is 8.32. The van der Waals surface area contributed by atoms with E-state index in [0.717, 1.165) is 5.56 Å². The fourth-order valence-electron chi connectivity index (χ4n) is 1.93. The van der Waals surface area contributed by atoms with Crippen molar-refractivity contribution >= 4 is 15.2 Å². The summed E-state index contributed by atoms with van der Waals surface area (Å²) in [7, 11) is -8.55. The summed E-state index contributed by atoms with van der Waals surface area (Å²) in [5, 5.41) is 0. The molecule has 0 unspecified atom stereocenters. The van der Waals surface area contributed by atoms with E-state index in [1.165, 1.54) is 0 Å². The van der Waals surface area contributed by atoms with E-state index in [2.05, 4.69) is 0 Å². The molecule has 1 aromatic carbocycles. The van der Waals surface area contributed by atoms with Gasteiger partial charge < -0.3 is 19.6 Å². The topological polar surface area (TPSA) is 115 Å². The van der Waals surface area contributed by atoms with Crippen molar-refractivity contribution in [1.82, 2.24) is 0 Å². The molecule has 0 amide bonds. The summed E-state index contributed by atoms with van der Waals surface area (Å²) in [5.74, 6) is -0.693. The van der Waals surface area contributed by atoms with Crippen LogP contribution in [0.5, 0.6) is 0 Å². The van der Waals surface area contributed by atoms with Gasteiger partial charge in [0.05, 0.1) is 12.3 Å². The van der Waals surface area contributed by atoms with E-state index < -0.39 is 33.4 Å². The smallest absolute Gasteiger partial charge is 0.324 e. The summed E-state index contributed by atoms with van der Waals surface area (Å²) in [6.45, 7) is 0. The van der Waals surface area contributed by atoms with Crippen molar-refractivity contribution in [2.24, 2.45) is 5.92 Å². The fourth-order valence-corrected chi connectivity index (χ4v) is 4.10. The van der Waals surface area contributed by atoms with Gasteiger partial charge in [0.15, 0.2) is 0 Å². The van der Waals surface area contributed by atoms with Crippen molar-refractivity contribution in [3.63, 3.8) is 0 Å². The molecule has 0 aliphatic carbocycles. The van der Waals surface area contributed by atoms with E-state index in [0.29, 0.717) is 12.8 Å². The molecule has 0 fully saturated rings. The third-order valence-electron chi connectivity index (χ3n) is 2.68. The van der Waals surface area contributed by atoms with Gasteiger partial charge >= 0.3 is 15.2 Å². The van der Waals surface area contributed by atoms with Crippen LogP contribution in [0.4, 0.5) is 0 Å². The van der Waals surface area contributed by atoms with Crippen LogP contribution in [0.2, 0.25) is 0 Å². The highest BCUT2D eigenvalue weighted by Crippen LogP contribution is 2.44. The van der Waals surface area contributed by atoms with Crippen molar-refractivity contribution < 1.29 is 28.7 Å². The lowest BCUT2D eigenvalue weighted by molar-refractivity contribution is 0.347. The monoisotopic (exact) mass is 308 g/mol. The molecule has 1 rings (SSSR count). The Morgan fingerprint density at radius 2 is 1.37 bits per heavy atom. The minimum atomic E-state index is -4.27. The molecule has 0 aliphatic heterocycles. The molecule has 0 radical (unpaired) electrons. The van der Waals surface area contributed by atoms with Crippen molar-refractivity contribution in [2.75, 3.05) is 12.3 Å². The van der Waals surface area contributed by atoms with Crippen LogP contribution in [-0.4, -0.2) is 31.9 Å². The van der Waals surface area contributed by atoms with Crippen LogP contribution in [0.1, 0.15) is 12.0 Å². The zero-order valence-electron chi connectivity index (χ0n) is 10.3. The van der Waals surface area contributed by atoms with Gasteiger partial charge in [-0.05, 0) is 24.3 Å². The second-order valence-electron chi connectivity index (χ2n) is 4.58. The molecule has 0 saturated carbocycles. The predicted octanol–water partition coefficient (Wildman–Crippen LogP) is 1.59. The second kappa shape index (κ2) is 6.80. The third-order valence-corrected chi connectivity index (χ3v) is 4.66. The van der Waals surface area contributed by atoms with Crippen molar-refractivity contribution in [1.29, 1.82) is 0 Å². The molecular weight excluding hydrogens is 290 g/mol. The minimum Gasteiger partial charge on any atom is -0.324 e. The van der Waals surface area contributed by atoms with Crippen LogP contribution in [-0.2, 0) is 15.6 Å². The Morgan fingerprint density at radius 1 is 0.895 bits per heavy atom. The SMILES string of the molecule is O=P(O)(O)CC(CCc1ccccc1)CP(=O)(O)O. The number of hydrogen-bond acceptors (Lipinski definition) is 2. The fraction of sp³-hybridized carbons (Fsp3) is 0.455. The van der Waals surface area contributed by atoms with E-state index >= 15 is 0 Å². The molecule has 0 aliphatic rings. The summed E-state index contributed by atoms with van der Waals surface area (Å²) < 4.78 is 22.0. The maximum atomic E-state index is 11.0. The molecule has 108 valence electrons. The maximum absolute atomic E-state index is 11.0. The first kappa shape index (κ1) is 16.6. The highest BCUT2D eigenvalue weighted by Gasteiger charge is 2.27. The molecule has 8 heteroatoms. The van der Waals surface area contributed by atoms with E-state index in [4.69, 9.17) is 19.6 Å². The Hall–Kier alpha value is -0.480. The molecule has 1 aromatic rings. The standard InChI is InChI=1S/C11H18O6P2/c12-18(13,14)8-11(9-19(15,16)17)7-6-10-4-2-1-3-5-10/h1-5,11H,6-9H2,(H2,12,13,14)(H2,15,16,17). The molecule has 0 spiro atoms. The zero-order chi connectivity index (χ0) is 14.5. The van der Waals surface area contributed by atoms with E-state index in [1.807, 2.05) is 30.3 Å². The number of rotatable bonds is 7. The van der Waals surface area contributed by atoms with Gasteiger partial charge in [0.2, 0.25) is 0 Å². The van der Waals surface area contributed by atoms with E-state index in [-0.39, 0.29) is 0 Å². The van der Waals surface area contributed by atoms with Gasteiger partial charge in [-0.1, -0.05) is 30.3 Å². The highest BCUT2D eigenvalue weighted by atomic mass is 31.2. The summed E-state index contributed by atoms with van der Waals surface area (Å²) >= 11 is 0. The minimum absolute atomic E-state index is 0.334. The largest absolute Gasteiger partial charge is 0.325 e. The average Bonchev–Trinajstić information content (AvgIpc) is 2.23. The van der Waals surface area contributed by atoms with Crippen molar-refractivity contribution in [3.8, 4) is 0 Å². The second-order valence-corrected chi connectivity index (χ2v) is 7.97. The molecule has 6 nitrogen and oxygen atoms in total.